The molecule has 2 saturated carbocycles. The van der Waals surface area contributed by atoms with E-state index < -0.39 is 53.2 Å². The summed E-state index contributed by atoms with van der Waals surface area (Å²) >= 11 is 6.34. The fraction of sp³-hybridized carbons (Fsp3) is 0.541. The number of amides is 4. The molecule has 0 spiro atoms. The molecule has 4 amide bonds. The minimum atomic E-state index is -1.21. The van der Waals surface area contributed by atoms with Crippen molar-refractivity contribution in [1.82, 2.24) is 21.3 Å². The Labute approximate surface area is 287 Å². The van der Waals surface area contributed by atoms with Crippen LogP contribution in [0.3, 0.4) is 0 Å². The van der Waals surface area contributed by atoms with Crippen LogP contribution in [0.2, 0.25) is 5.02 Å². The number of Topliss-reactive ketones (excluding diaryl/α,β-unsaturated/α-hetero) is 1. The monoisotopic (exact) mass is 678 g/mol. The van der Waals surface area contributed by atoms with E-state index in [9.17, 15) is 24.0 Å². The Hall–Kier alpha value is -3.92. The zero-order valence-corrected chi connectivity index (χ0v) is 28.5. The third-order valence-electron chi connectivity index (χ3n) is 9.91. The Morgan fingerprint density at radius 3 is 2.27 bits per heavy atom. The maximum atomic E-state index is 14.0. The van der Waals surface area contributed by atoms with Gasteiger partial charge in [0, 0.05) is 28.9 Å². The number of hydrogen-bond acceptors (Lipinski definition) is 6. The minimum absolute atomic E-state index is 0.000998. The maximum Gasteiger partial charge on any atom is 0.408 e. The Morgan fingerprint density at radius 1 is 0.896 bits per heavy atom. The highest BCUT2D eigenvalue weighted by Crippen LogP contribution is 2.40. The quantitative estimate of drug-likeness (QED) is 0.200. The summed E-state index contributed by atoms with van der Waals surface area (Å²) in [5, 5.41) is 11.6. The summed E-state index contributed by atoms with van der Waals surface area (Å²) in [6.45, 7) is 4.41. The first-order valence-corrected chi connectivity index (χ1v) is 17.6. The molecule has 3 fully saturated rings. The molecule has 258 valence electrons. The molecule has 1 heterocycles. The van der Waals surface area contributed by atoms with Crippen LogP contribution >= 0.6 is 11.6 Å². The molecular weight excluding hydrogens is 632 g/mol. The number of benzene rings is 2. The van der Waals surface area contributed by atoms with Gasteiger partial charge in [0.25, 0.3) is 5.91 Å². The van der Waals surface area contributed by atoms with Crippen molar-refractivity contribution in [2.75, 3.05) is 6.54 Å². The highest BCUT2D eigenvalue weighted by atomic mass is 35.5. The van der Waals surface area contributed by atoms with Crippen molar-refractivity contribution >= 4 is 41.2 Å². The highest BCUT2D eigenvalue weighted by molar-refractivity contribution is 6.38. The predicted molar refractivity (Wildman–Crippen MR) is 182 cm³/mol. The van der Waals surface area contributed by atoms with Gasteiger partial charge >= 0.3 is 6.09 Å². The standard InChI is InChI=1S/C37H47ClN4O6/c1-37(2,26-14-9-15-27(38)22-26)32(24-12-7-4-8-13-24)48-36(47)42-30(20-23-10-5-3-6-11-23)34(45)41-29(21-25-18-19-39-33(25)44)31(43)35(46)40-28-16-17-28/h4,7-9,12-15,22-23,25,28-30,32H,3,5-6,10-11,16-21H2,1-2H3,(H,39,44)(H,40,46)(H,41,45)(H,42,47). The topological polar surface area (TPSA) is 143 Å². The molecule has 10 nitrogen and oxygen atoms in total. The first-order chi connectivity index (χ1) is 23.0. The van der Waals surface area contributed by atoms with Crippen molar-refractivity contribution in [3.63, 3.8) is 0 Å². The zero-order valence-electron chi connectivity index (χ0n) is 27.8. The van der Waals surface area contributed by atoms with Crippen LogP contribution in [0.4, 0.5) is 4.79 Å². The lowest BCUT2D eigenvalue weighted by Crippen LogP contribution is -2.55. The SMILES string of the molecule is CC(C)(c1cccc(Cl)c1)C(OC(=O)NC(CC1CCCCC1)C(=O)NC(CC1CCNC1=O)C(=O)C(=O)NC1CC1)c1ccccc1. The van der Waals surface area contributed by atoms with Gasteiger partial charge in [-0.2, -0.15) is 0 Å². The zero-order chi connectivity index (χ0) is 34.3. The van der Waals surface area contributed by atoms with Crippen molar-refractivity contribution in [2.24, 2.45) is 11.8 Å². The van der Waals surface area contributed by atoms with Gasteiger partial charge in [0.15, 0.2) is 0 Å². The fourth-order valence-corrected chi connectivity index (χ4v) is 7.06. The Bertz CT molecular complexity index is 1470. The normalized spacial score (nSPS) is 20.1. The molecule has 4 atom stereocenters. The predicted octanol–water partition coefficient (Wildman–Crippen LogP) is 5.28. The molecule has 4 N–H and O–H groups in total. The number of hydrogen-bond donors (Lipinski definition) is 4. The van der Waals surface area contributed by atoms with E-state index in [0.717, 1.165) is 56.1 Å². The molecule has 0 radical (unpaired) electrons. The summed E-state index contributed by atoms with van der Waals surface area (Å²) in [6, 6.07) is 14.5. The summed E-state index contributed by atoms with van der Waals surface area (Å²) in [6.07, 6.45) is 5.97. The van der Waals surface area contributed by atoms with Crippen molar-refractivity contribution in [3.05, 3.63) is 70.7 Å². The Balaban J connectivity index is 1.36. The number of nitrogens with one attached hydrogen (secondary N) is 4. The van der Waals surface area contributed by atoms with Crippen LogP contribution in [-0.2, 0) is 29.3 Å². The Morgan fingerprint density at radius 2 is 1.62 bits per heavy atom. The molecule has 2 aromatic carbocycles. The first kappa shape index (κ1) is 35.4. The van der Waals surface area contributed by atoms with Gasteiger partial charge in [0.1, 0.15) is 12.1 Å². The van der Waals surface area contributed by atoms with E-state index in [1.807, 2.05) is 62.4 Å². The number of rotatable bonds is 14. The average Bonchev–Trinajstić information content (AvgIpc) is 3.81. The van der Waals surface area contributed by atoms with Crippen molar-refractivity contribution in [1.29, 1.82) is 0 Å². The number of alkyl carbamates (subject to hydrolysis) is 1. The lowest BCUT2D eigenvalue weighted by molar-refractivity contribution is -0.141. The van der Waals surface area contributed by atoms with Crippen LogP contribution < -0.4 is 21.3 Å². The van der Waals surface area contributed by atoms with Gasteiger partial charge in [0.2, 0.25) is 17.6 Å². The van der Waals surface area contributed by atoms with E-state index in [4.69, 9.17) is 16.3 Å². The van der Waals surface area contributed by atoms with E-state index in [2.05, 4.69) is 21.3 Å². The first-order valence-electron chi connectivity index (χ1n) is 17.2. The van der Waals surface area contributed by atoms with E-state index in [-0.39, 0.29) is 24.3 Å². The van der Waals surface area contributed by atoms with Crippen LogP contribution in [0.25, 0.3) is 0 Å². The lowest BCUT2D eigenvalue weighted by Gasteiger charge is -2.35. The van der Waals surface area contributed by atoms with Crippen LogP contribution in [0.5, 0.6) is 0 Å². The molecule has 4 unspecified atom stereocenters. The van der Waals surface area contributed by atoms with Gasteiger partial charge in [-0.15, -0.1) is 0 Å². The van der Waals surface area contributed by atoms with Gasteiger partial charge < -0.3 is 26.0 Å². The number of carbonyl (C=O) groups is 5. The molecule has 3 aliphatic rings. The molecule has 11 heteroatoms. The van der Waals surface area contributed by atoms with Crippen LogP contribution in [0, 0.1) is 11.8 Å². The molecule has 2 aromatic rings. The maximum absolute atomic E-state index is 14.0. The third-order valence-corrected chi connectivity index (χ3v) is 10.1. The van der Waals surface area contributed by atoms with Gasteiger partial charge in [-0.25, -0.2) is 4.79 Å². The van der Waals surface area contributed by atoms with Crippen LogP contribution in [0.15, 0.2) is 54.6 Å². The van der Waals surface area contributed by atoms with E-state index in [1.54, 1.807) is 6.07 Å². The minimum Gasteiger partial charge on any atom is -0.440 e. The molecule has 1 aliphatic heterocycles. The largest absolute Gasteiger partial charge is 0.440 e. The second-order valence-corrected chi connectivity index (χ2v) is 14.5. The smallest absolute Gasteiger partial charge is 0.408 e. The Kier molecular flexibility index (Phi) is 11.8. The van der Waals surface area contributed by atoms with E-state index >= 15 is 0 Å². The second kappa shape index (κ2) is 16.0. The van der Waals surface area contributed by atoms with Gasteiger partial charge in [0.05, 0.1) is 6.04 Å². The summed E-state index contributed by atoms with van der Waals surface area (Å²) in [7, 11) is 0. The van der Waals surface area contributed by atoms with Gasteiger partial charge in [-0.05, 0) is 61.3 Å². The summed E-state index contributed by atoms with van der Waals surface area (Å²) in [4.78, 5) is 66.4. The third kappa shape index (κ3) is 9.36. The lowest BCUT2D eigenvalue weighted by atomic mass is 9.76. The van der Waals surface area contributed by atoms with E-state index in [1.165, 1.54) is 0 Å². The highest BCUT2D eigenvalue weighted by Gasteiger charge is 2.39. The van der Waals surface area contributed by atoms with Crippen molar-refractivity contribution < 1.29 is 28.7 Å². The fourth-order valence-electron chi connectivity index (χ4n) is 6.87. The average molecular weight is 679 g/mol. The molecule has 0 bridgehead atoms. The van der Waals surface area contributed by atoms with Gasteiger partial charge in [-0.1, -0.05) is 100 Å². The second-order valence-electron chi connectivity index (χ2n) is 14.1. The number of ether oxygens (including phenoxy) is 1. The number of halogens is 1. The molecule has 2 aliphatic carbocycles. The molecule has 5 rings (SSSR count). The summed E-state index contributed by atoms with van der Waals surface area (Å²) in [5.74, 6) is -2.68. The molecule has 48 heavy (non-hydrogen) atoms. The van der Waals surface area contributed by atoms with E-state index in [0.29, 0.717) is 24.4 Å². The molecular formula is C37H47ClN4O6. The molecule has 1 saturated heterocycles. The summed E-state index contributed by atoms with van der Waals surface area (Å²) in [5.41, 5.74) is 0.932. The van der Waals surface area contributed by atoms with Gasteiger partial charge in [-0.3, -0.25) is 19.2 Å². The summed E-state index contributed by atoms with van der Waals surface area (Å²) < 4.78 is 6.17. The molecule has 0 aromatic heterocycles. The van der Waals surface area contributed by atoms with Crippen molar-refractivity contribution in [2.45, 2.75) is 108 Å². The number of ketones is 1. The van der Waals surface area contributed by atoms with Crippen molar-refractivity contribution in [3.8, 4) is 0 Å². The van der Waals surface area contributed by atoms with Crippen LogP contribution in [0.1, 0.15) is 95.3 Å². The number of carbonyl (C=O) groups excluding carboxylic acids is 5. The van der Waals surface area contributed by atoms with Crippen LogP contribution in [-0.4, -0.2) is 54.3 Å².